The Morgan fingerprint density at radius 3 is 2.23 bits per heavy atom. The zero-order valence-corrected chi connectivity index (χ0v) is 16.6. The lowest BCUT2D eigenvalue weighted by Crippen LogP contribution is -2.25. The molecular formula is C20H19F3N2O4S. The number of benzene rings is 2. The first-order valence-electron chi connectivity index (χ1n) is 8.74. The van der Waals surface area contributed by atoms with Gasteiger partial charge in [0.25, 0.3) is 5.24 Å². The molecule has 1 fully saturated rings. The van der Waals surface area contributed by atoms with E-state index in [1.54, 1.807) is 0 Å². The van der Waals surface area contributed by atoms with Gasteiger partial charge in [-0.05, 0) is 41.8 Å². The Bertz CT molecular complexity index is 917. The SMILES string of the molecule is CNCc1cccc(-c2ccc(CC3SC(=O)NC3=O)cc2)c1.O=C(O)C(F)(F)F. The van der Waals surface area contributed by atoms with E-state index in [0.717, 1.165) is 29.4 Å². The smallest absolute Gasteiger partial charge is 0.475 e. The minimum atomic E-state index is -5.08. The van der Waals surface area contributed by atoms with Crippen molar-refractivity contribution < 1.29 is 32.7 Å². The highest BCUT2D eigenvalue weighted by atomic mass is 32.2. The van der Waals surface area contributed by atoms with E-state index in [1.807, 2.05) is 19.2 Å². The van der Waals surface area contributed by atoms with E-state index in [9.17, 15) is 22.8 Å². The molecule has 0 aliphatic carbocycles. The molecule has 0 bridgehead atoms. The van der Waals surface area contributed by atoms with Crippen LogP contribution in [0, 0.1) is 0 Å². The highest BCUT2D eigenvalue weighted by molar-refractivity contribution is 8.15. The van der Waals surface area contributed by atoms with Gasteiger partial charge in [0, 0.05) is 6.54 Å². The van der Waals surface area contributed by atoms with Crippen LogP contribution in [0.5, 0.6) is 0 Å². The third-order valence-electron chi connectivity index (χ3n) is 4.03. The van der Waals surface area contributed by atoms with Gasteiger partial charge in [0.05, 0.1) is 5.25 Å². The van der Waals surface area contributed by atoms with Crippen LogP contribution in [0.1, 0.15) is 11.1 Å². The summed E-state index contributed by atoms with van der Waals surface area (Å²) in [5.41, 5.74) is 4.62. The molecule has 3 rings (SSSR count). The van der Waals surface area contributed by atoms with Crippen molar-refractivity contribution in [1.29, 1.82) is 0 Å². The molecule has 2 aromatic rings. The minimum Gasteiger partial charge on any atom is -0.475 e. The molecule has 0 aromatic heterocycles. The Hall–Kier alpha value is -2.85. The highest BCUT2D eigenvalue weighted by Crippen LogP contribution is 2.25. The molecule has 2 amide bonds. The van der Waals surface area contributed by atoms with Crippen LogP contribution in [0.25, 0.3) is 11.1 Å². The molecule has 1 heterocycles. The zero-order valence-electron chi connectivity index (χ0n) is 15.8. The van der Waals surface area contributed by atoms with E-state index >= 15 is 0 Å². The quantitative estimate of drug-likeness (QED) is 0.658. The lowest BCUT2D eigenvalue weighted by molar-refractivity contribution is -0.192. The lowest BCUT2D eigenvalue weighted by Gasteiger charge is -2.08. The average molecular weight is 440 g/mol. The van der Waals surface area contributed by atoms with Crippen LogP contribution in [-0.4, -0.2) is 40.7 Å². The van der Waals surface area contributed by atoms with Crippen molar-refractivity contribution in [2.45, 2.75) is 24.4 Å². The Morgan fingerprint density at radius 1 is 1.10 bits per heavy atom. The van der Waals surface area contributed by atoms with E-state index in [4.69, 9.17) is 9.90 Å². The van der Waals surface area contributed by atoms with Crippen molar-refractivity contribution in [2.75, 3.05) is 7.05 Å². The van der Waals surface area contributed by atoms with Crippen molar-refractivity contribution in [3.8, 4) is 11.1 Å². The fourth-order valence-corrected chi connectivity index (χ4v) is 3.50. The van der Waals surface area contributed by atoms with Gasteiger partial charge in [-0.1, -0.05) is 54.2 Å². The molecule has 10 heteroatoms. The molecular weight excluding hydrogens is 421 g/mol. The van der Waals surface area contributed by atoms with Gasteiger partial charge < -0.3 is 10.4 Å². The average Bonchev–Trinajstić information content (AvgIpc) is 2.99. The highest BCUT2D eigenvalue weighted by Gasteiger charge is 2.38. The number of rotatable bonds is 5. The van der Waals surface area contributed by atoms with Crippen molar-refractivity contribution in [3.63, 3.8) is 0 Å². The maximum absolute atomic E-state index is 11.6. The number of carboxylic acid groups (broad SMARTS) is 1. The summed E-state index contributed by atoms with van der Waals surface area (Å²) in [5, 5.41) is 12.0. The predicted molar refractivity (Wildman–Crippen MR) is 107 cm³/mol. The summed E-state index contributed by atoms with van der Waals surface area (Å²) in [5.74, 6) is -2.95. The molecule has 1 atom stereocenters. The second-order valence-corrected chi connectivity index (χ2v) is 7.49. The Morgan fingerprint density at radius 2 is 1.73 bits per heavy atom. The molecule has 0 radical (unpaired) electrons. The van der Waals surface area contributed by atoms with E-state index < -0.39 is 12.1 Å². The van der Waals surface area contributed by atoms with Crippen LogP contribution in [0.3, 0.4) is 0 Å². The van der Waals surface area contributed by atoms with Gasteiger partial charge in [0.2, 0.25) is 5.91 Å². The summed E-state index contributed by atoms with van der Waals surface area (Å²) in [6.45, 7) is 0.841. The summed E-state index contributed by atoms with van der Waals surface area (Å²) >= 11 is 1.07. The number of nitrogens with one attached hydrogen (secondary N) is 2. The second-order valence-electron chi connectivity index (χ2n) is 6.32. The van der Waals surface area contributed by atoms with Crippen LogP contribution in [0.4, 0.5) is 18.0 Å². The van der Waals surface area contributed by atoms with Crippen LogP contribution in [0.15, 0.2) is 48.5 Å². The molecule has 0 spiro atoms. The Labute approximate surface area is 174 Å². The molecule has 1 unspecified atom stereocenters. The number of thioether (sulfide) groups is 1. The molecule has 1 aliphatic rings. The summed E-state index contributed by atoms with van der Waals surface area (Å²) in [7, 11) is 1.93. The second kappa shape index (κ2) is 10.3. The number of hydrogen-bond acceptors (Lipinski definition) is 5. The predicted octanol–water partition coefficient (Wildman–Crippen LogP) is 3.60. The van der Waals surface area contributed by atoms with Gasteiger partial charge in [-0.3, -0.25) is 14.9 Å². The Kier molecular flexibility index (Phi) is 8.01. The maximum atomic E-state index is 11.6. The van der Waals surface area contributed by atoms with Gasteiger partial charge in [0.1, 0.15) is 0 Å². The number of amides is 2. The largest absolute Gasteiger partial charge is 0.490 e. The monoisotopic (exact) mass is 440 g/mol. The third kappa shape index (κ3) is 6.89. The lowest BCUT2D eigenvalue weighted by atomic mass is 10.0. The molecule has 0 saturated carbocycles. The van der Waals surface area contributed by atoms with Crippen molar-refractivity contribution in [1.82, 2.24) is 10.6 Å². The molecule has 1 saturated heterocycles. The van der Waals surface area contributed by atoms with E-state index in [2.05, 4.69) is 47.0 Å². The van der Waals surface area contributed by atoms with Crippen LogP contribution >= 0.6 is 11.8 Å². The number of alkyl halides is 3. The number of aliphatic carboxylic acids is 1. The summed E-state index contributed by atoms with van der Waals surface area (Å²) in [4.78, 5) is 31.7. The number of carboxylic acids is 1. The topological polar surface area (TPSA) is 95.5 Å². The molecule has 2 aromatic carbocycles. The van der Waals surface area contributed by atoms with Gasteiger partial charge in [-0.2, -0.15) is 13.2 Å². The summed E-state index contributed by atoms with van der Waals surface area (Å²) in [6.07, 6.45) is -4.51. The number of carbonyl (C=O) groups is 3. The summed E-state index contributed by atoms with van der Waals surface area (Å²) in [6, 6.07) is 16.6. The number of carbonyl (C=O) groups excluding carboxylic acids is 2. The number of imide groups is 1. The van der Waals surface area contributed by atoms with Gasteiger partial charge in [-0.25, -0.2) is 4.79 Å². The standard InChI is InChI=1S/C18H18N2O2S.C2HF3O2/c1-19-11-13-3-2-4-15(9-13)14-7-5-12(6-8-14)10-16-17(21)20-18(22)23-16;3-2(4,5)1(6)7/h2-9,16,19H,10-11H2,1H3,(H,20,21,22);(H,6,7). The van der Waals surface area contributed by atoms with Crippen LogP contribution < -0.4 is 10.6 Å². The first-order chi connectivity index (χ1) is 14.1. The van der Waals surface area contributed by atoms with E-state index in [0.29, 0.717) is 6.42 Å². The van der Waals surface area contributed by atoms with Crippen LogP contribution in [-0.2, 0) is 22.6 Å². The first-order valence-corrected chi connectivity index (χ1v) is 9.62. The van der Waals surface area contributed by atoms with Crippen LogP contribution in [0.2, 0.25) is 0 Å². The number of halogens is 3. The summed E-state index contributed by atoms with van der Waals surface area (Å²) < 4.78 is 31.7. The fourth-order valence-electron chi connectivity index (χ4n) is 2.64. The van der Waals surface area contributed by atoms with E-state index in [-0.39, 0.29) is 16.4 Å². The van der Waals surface area contributed by atoms with Gasteiger partial charge in [-0.15, -0.1) is 0 Å². The van der Waals surface area contributed by atoms with Crippen molar-refractivity contribution in [3.05, 3.63) is 59.7 Å². The molecule has 6 nitrogen and oxygen atoms in total. The normalized spacial score (nSPS) is 15.9. The Balaban J connectivity index is 0.000000396. The number of hydrogen-bond donors (Lipinski definition) is 3. The molecule has 3 N–H and O–H groups in total. The fraction of sp³-hybridized carbons (Fsp3) is 0.250. The third-order valence-corrected chi connectivity index (χ3v) is 5.01. The first kappa shape index (κ1) is 23.4. The van der Waals surface area contributed by atoms with Crippen molar-refractivity contribution >= 4 is 28.9 Å². The maximum Gasteiger partial charge on any atom is 0.490 e. The molecule has 1 aliphatic heterocycles. The van der Waals surface area contributed by atoms with Gasteiger partial charge >= 0.3 is 12.1 Å². The molecule has 30 heavy (non-hydrogen) atoms. The minimum absolute atomic E-state index is 0.191. The zero-order chi connectivity index (χ0) is 22.3. The van der Waals surface area contributed by atoms with E-state index in [1.165, 1.54) is 11.1 Å². The molecule has 160 valence electrons. The van der Waals surface area contributed by atoms with Gasteiger partial charge in [0.15, 0.2) is 0 Å². The van der Waals surface area contributed by atoms with Crippen molar-refractivity contribution in [2.24, 2.45) is 0 Å².